The van der Waals surface area contributed by atoms with Crippen molar-refractivity contribution in [1.82, 2.24) is 20.2 Å². The fourth-order valence-electron chi connectivity index (χ4n) is 2.05. The largest absolute Gasteiger partial charge is 0.427 e. The first-order chi connectivity index (χ1) is 11.6. The summed E-state index contributed by atoms with van der Waals surface area (Å²) in [6, 6.07) is 13.4. The van der Waals surface area contributed by atoms with E-state index in [1.165, 1.54) is 17.9 Å². The van der Waals surface area contributed by atoms with Gasteiger partial charge in [0.2, 0.25) is 0 Å². The maximum atomic E-state index is 12.3. The van der Waals surface area contributed by atoms with Gasteiger partial charge in [0.25, 0.3) is 5.91 Å². The van der Waals surface area contributed by atoms with E-state index in [1.807, 2.05) is 6.07 Å². The quantitative estimate of drug-likeness (QED) is 0.581. The number of nitrogens with zero attached hydrogens (tertiary/aromatic N) is 4. The first-order valence-electron chi connectivity index (χ1n) is 7.05. The molecule has 1 heterocycles. The molecule has 1 amide bonds. The van der Waals surface area contributed by atoms with E-state index in [9.17, 15) is 9.59 Å². The maximum Gasteiger partial charge on any atom is 0.308 e. The molecule has 0 unspecified atom stereocenters. The first-order valence-corrected chi connectivity index (χ1v) is 7.05. The number of hydrogen-bond donors (Lipinski definition) is 1. The van der Waals surface area contributed by atoms with Crippen LogP contribution in [-0.2, 0) is 4.79 Å². The normalized spacial score (nSPS) is 10.2. The molecule has 0 aliphatic carbocycles. The molecule has 8 heteroatoms. The highest BCUT2D eigenvalue weighted by atomic mass is 16.5. The number of aromatic nitrogens is 4. The fraction of sp³-hybridized carbons (Fsp3) is 0.0625. The topological polar surface area (TPSA) is 99.0 Å². The molecule has 3 aromatic rings. The van der Waals surface area contributed by atoms with E-state index >= 15 is 0 Å². The van der Waals surface area contributed by atoms with E-state index in [0.29, 0.717) is 17.0 Å². The van der Waals surface area contributed by atoms with Crippen LogP contribution in [0.25, 0.3) is 5.69 Å². The summed E-state index contributed by atoms with van der Waals surface area (Å²) < 4.78 is 6.42. The van der Waals surface area contributed by atoms with Crippen molar-refractivity contribution >= 4 is 17.6 Å². The lowest BCUT2D eigenvalue weighted by atomic mass is 10.2. The van der Waals surface area contributed by atoms with Crippen LogP contribution in [0.2, 0.25) is 0 Å². The van der Waals surface area contributed by atoms with Crippen molar-refractivity contribution in [2.75, 3.05) is 5.32 Å². The third kappa shape index (κ3) is 3.61. The minimum atomic E-state index is -0.411. The van der Waals surface area contributed by atoms with Crippen molar-refractivity contribution in [3.05, 3.63) is 60.4 Å². The summed E-state index contributed by atoms with van der Waals surface area (Å²) in [6.45, 7) is 1.32. The number of amides is 1. The molecule has 3 rings (SSSR count). The summed E-state index contributed by atoms with van der Waals surface area (Å²) >= 11 is 0. The van der Waals surface area contributed by atoms with Crippen molar-refractivity contribution in [1.29, 1.82) is 0 Å². The van der Waals surface area contributed by atoms with Crippen molar-refractivity contribution in [2.45, 2.75) is 6.92 Å². The monoisotopic (exact) mass is 323 g/mol. The smallest absolute Gasteiger partial charge is 0.308 e. The predicted octanol–water partition coefficient (Wildman–Crippen LogP) is 1.84. The lowest BCUT2D eigenvalue weighted by Crippen LogP contribution is -2.12. The molecule has 0 aliphatic rings. The molecular weight excluding hydrogens is 310 g/mol. The lowest BCUT2D eigenvalue weighted by Gasteiger charge is -2.08. The first kappa shape index (κ1) is 15.3. The zero-order chi connectivity index (χ0) is 16.9. The number of benzene rings is 2. The number of carbonyl (C=O) groups is 2. The Morgan fingerprint density at radius 1 is 1.12 bits per heavy atom. The van der Waals surface area contributed by atoms with Crippen LogP contribution in [0.3, 0.4) is 0 Å². The van der Waals surface area contributed by atoms with Gasteiger partial charge in [-0.2, -0.15) is 0 Å². The second kappa shape index (κ2) is 6.69. The van der Waals surface area contributed by atoms with Gasteiger partial charge in [-0.3, -0.25) is 9.59 Å². The Hall–Kier alpha value is -3.55. The SMILES string of the molecule is CC(=O)Oc1ccc(C(=O)Nc2cccc(-n3cnnn3)c2)cc1. The highest BCUT2D eigenvalue weighted by Crippen LogP contribution is 2.16. The summed E-state index contributed by atoms with van der Waals surface area (Å²) in [7, 11) is 0. The number of hydrogen-bond acceptors (Lipinski definition) is 6. The maximum absolute atomic E-state index is 12.3. The van der Waals surface area contributed by atoms with Gasteiger partial charge < -0.3 is 10.1 Å². The Balaban J connectivity index is 1.73. The summed E-state index contributed by atoms with van der Waals surface area (Å²) in [6.07, 6.45) is 1.47. The third-order valence-corrected chi connectivity index (χ3v) is 3.10. The Labute approximate surface area is 137 Å². The average molecular weight is 323 g/mol. The molecule has 120 valence electrons. The van der Waals surface area contributed by atoms with E-state index in [1.54, 1.807) is 42.5 Å². The van der Waals surface area contributed by atoms with E-state index in [4.69, 9.17) is 4.74 Å². The molecule has 0 radical (unpaired) electrons. The van der Waals surface area contributed by atoms with E-state index in [-0.39, 0.29) is 5.91 Å². The van der Waals surface area contributed by atoms with Crippen molar-refractivity contribution in [3.63, 3.8) is 0 Å². The van der Waals surface area contributed by atoms with E-state index < -0.39 is 5.97 Å². The number of anilines is 1. The summed E-state index contributed by atoms with van der Waals surface area (Å²) in [5.74, 6) is -0.301. The van der Waals surface area contributed by atoms with Crippen LogP contribution in [0, 0.1) is 0 Å². The molecule has 24 heavy (non-hydrogen) atoms. The third-order valence-electron chi connectivity index (χ3n) is 3.10. The Morgan fingerprint density at radius 2 is 1.92 bits per heavy atom. The van der Waals surface area contributed by atoms with Gasteiger partial charge >= 0.3 is 5.97 Å². The molecule has 0 fully saturated rings. The van der Waals surface area contributed by atoms with Gasteiger partial charge in [-0.25, -0.2) is 4.68 Å². The van der Waals surface area contributed by atoms with Gasteiger partial charge in [-0.15, -0.1) is 5.10 Å². The molecule has 1 N–H and O–H groups in total. The number of nitrogens with one attached hydrogen (secondary N) is 1. The molecule has 0 saturated carbocycles. The van der Waals surface area contributed by atoms with Crippen molar-refractivity contribution in [3.8, 4) is 11.4 Å². The molecule has 8 nitrogen and oxygen atoms in total. The average Bonchev–Trinajstić information content (AvgIpc) is 3.10. The van der Waals surface area contributed by atoms with Crippen LogP contribution >= 0.6 is 0 Å². The zero-order valence-electron chi connectivity index (χ0n) is 12.7. The van der Waals surface area contributed by atoms with Crippen LogP contribution in [0.5, 0.6) is 5.75 Å². The molecule has 0 bridgehead atoms. The Morgan fingerprint density at radius 3 is 2.58 bits per heavy atom. The Kier molecular flexibility index (Phi) is 4.28. The van der Waals surface area contributed by atoms with Crippen LogP contribution < -0.4 is 10.1 Å². The highest BCUT2D eigenvalue weighted by molar-refractivity contribution is 6.04. The molecule has 1 aromatic heterocycles. The van der Waals surface area contributed by atoms with Crippen LogP contribution in [0.15, 0.2) is 54.9 Å². The van der Waals surface area contributed by atoms with Crippen LogP contribution in [0.1, 0.15) is 17.3 Å². The van der Waals surface area contributed by atoms with Crippen molar-refractivity contribution in [2.24, 2.45) is 0 Å². The number of ether oxygens (including phenoxy) is 1. The standard InChI is InChI=1S/C16H13N5O3/c1-11(22)24-15-7-5-12(6-8-15)16(23)18-13-3-2-4-14(9-13)21-10-17-19-20-21/h2-10H,1H3,(H,18,23). The van der Waals surface area contributed by atoms with Crippen LogP contribution in [-0.4, -0.2) is 32.1 Å². The van der Waals surface area contributed by atoms with Gasteiger partial charge in [0.15, 0.2) is 0 Å². The number of carbonyl (C=O) groups excluding carboxylic acids is 2. The molecule has 0 atom stereocenters. The molecule has 0 saturated heterocycles. The van der Waals surface area contributed by atoms with Gasteiger partial charge in [0.1, 0.15) is 12.1 Å². The summed E-state index contributed by atoms with van der Waals surface area (Å²) in [5.41, 5.74) is 1.78. The predicted molar refractivity (Wildman–Crippen MR) is 84.9 cm³/mol. The second-order valence-corrected chi connectivity index (χ2v) is 4.88. The van der Waals surface area contributed by atoms with E-state index in [2.05, 4.69) is 20.8 Å². The van der Waals surface area contributed by atoms with Gasteiger partial charge in [0, 0.05) is 18.2 Å². The Bertz CT molecular complexity index is 860. The van der Waals surface area contributed by atoms with E-state index in [0.717, 1.165) is 5.69 Å². The van der Waals surface area contributed by atoms with Crippen LogP contribution in [0.4, 0.5) is 5.69 Å². The van der Waals surface area contributed by atoms with Gasteiger partial charge in [-0.1, -0.05) is 6.07 Å². The fourth-order valence-corrected chi connectivity index (χ4v) is 2.05. The van der Waals surface area contributed by atoms with Gasteiger partial charge in [0.05, 0.1) is 5.69 Å². The summed E-state index contributed by atoms with van der Waals surface area (Å²) in [4.78, 5) is 23.2. The molecule has 0 spiro atoms. The second-order valence-electron chi connectivity index (χ2n) is 4.88. The molecule has 2 aromatic carbocycles. The lowest BCUT2D eigenvalue weighted by molar-refractivity contribution is -0.131. The highest BCUT2D eigenvalue weighted by Gasteiger charge is 2.08. The number of rotatable bonds is 4. The summed E-state index contributed by atoms with van der Waals surface area (Å²) in [5, 5.41) is 13.7. The number of esters is 1. The zero-order valence-corrected chi connectivity index (χ0v) is 12.7. The molecule has 0 aliphatic heterocycles. The number of tetrazole rings is 1. The molecular formula is C16H13N5O3. The van der Waals surface area contributed by atoms with Crippen molar-refractivity contribution < 1.29 is 14.3 Å². The minimum absolute atomic E-state index is 0.279. The minimum Gasteiger partial charge on any atom is -0.427 e. The van der Waals surface area contributed by atoms with Gasteiger partial charge in [-0.05, 0) is 52.9 Å².